The second-order valence-electron chi connectivity index (χ2n) is 6.05. The van der Waals surface area contributed by atoms with Crippen LogP contribution in [-0.4, -0.2) is 43.8 Å². The molecule has 0 bridgehead atoms. The van der Waals surface area contributed by atoms with Crippen molar-refractivity contribution in [3.8, 4) is 5.75 Å². The predicted molar refractivity (Wildman–Crippen MR) is 99.3 cm³/mol. The molecular formula is C18H29ClN2O3. The minimum absolute atomic E-state index is 0. The van der Waals surface area contributed by atoms with E-state index in [2.05, 4.69) is 24.2 Å². The van der Waals surface area contributed by atoms with Gasteiger partial charge in [-0.05, 0) is 45.0 Å². The average Bonchev–Trinajstić information content (AvgIpc) is 2.56. The second kappa shape index (κ2) is 11.2. The van der Waals surface area contributed by atoms with E-state index in [-0.39, 0.29) is 12.4 Å². The van der Waals surface area contributed by atoms with E-state index >= 15 is 0 Å². The van der Waals surface area contributed by atoms with E-state index in [4.69, 9.17) is 9.47 Å². The Balaban J connectivity index is 0.00000288. The number of nitrogens with one attached hydrogen (secondary N) is 1. The second-order valence-corrected chi connectivity index (χ2v) is 6.05. The molecule has 1 saturated heterocycles. The molecular weight excluding hydrogens is 328 g/mol. The van der Waals surface area contributed by atoms with Crippen LogP contribution in [-0.2, 0) is 4.74 Å². The highest BCUT2D eigenvalue weighted by molar-refractivity contribution is 5.86. The molecule has 1 fully saturated rings. The molecule has 1 heterocycles. The number of amides is 1. The smallest absolute Gasteiger partial charge is 0.411 e. The number of piperidine rings is 1. The maximum absolute atomic E-state index is 12.0. The number of unbranched alkanes of at least 4 members (excludes halogenated alkanes) is 1. The van der Waals surface area contributed by atoms with E-state index in [1.807, 2.05) is 24.3 Å². The van der Waals surface area contributed by atoms with Gasteiger partial charge in [-0.2, -0.15) is 0 Å². The number of carbonyl (C=O) groups is 1. The summed E-state index contributed by atoms with van der Waals surface area (Å²) in [4.78, 5) is 14.3. The molecule has 1 aromatic carbocycles. The van der Waals surface area contributed by atoms with Crippen LogP contribution in [0.1, 0.15) is 39.0 Å². The number of likely N-dealkylation sites (N-methyl/N-ethyl adjacent to an activating group) is 1. The van der Waals surface area contributed by atoms with E-state index in [0.717, 1.165) is 25.8 Å². The monoisotopic (exact) mass is 356 g/mol. The number of rotatable bonds is 7. The molecule has 1 aliphatic rings. The molecule has 1 aliphatic heterocycles. The molecule has 0 spiro atoms. The zero-order valence-corrected chi connectivity index (χ0v) is 15.4. The fraction of sp³-hybridized carbons (Fsp3) is 0.611. The normalized spacial score (nSPS) is 17.7. The first-order valence-electron chi connectivity index (χ1n) is 8.56. The number of halogens is 1. The Morgan fingerprint density at radius 2 is 2.12 bits per heavy atom. The van der Waals surface area contributed by atoms with E-state index in [1.54, 1.807) is 0 Å². The van der Waals surface area contributed by atoms with Gasteiger partial charge in [-0.15, -0.1) is 12.4 Å². The third-order valence-electron chi connectivity index (χ3n) is 4.21. The Morgan fingerprint density at radius 3 is 2.88 bits per heavy atom. The molecule has 0 radical (unpaired) electrons. The first kappa shape index (κ1) is 20.6. The summed E-state index contributed by atoms with van der Waals surface area (Å²) in [7, 11) is 2.09. The highest BCUT2D eigenvalue weighted by Crippen LogP contribution is 2.24. The molecule has 1 amide bonds. The number of nitrogens with zero attached hydrogens (tertiary/aromatic N) is 1. The van der Waals surface area contributed by atoms with Crippen molar-refractivity contribution in [2.45, 2.75) is 45.1 Å². The SMILES string of the molecule is CCCCOc1ccccc1NC(=O)OCC1CCCCN1C.Cl. The molecule has 136 valence electrons. The Morgan fingerprint density at radius 1 is 1.33 bits per heavy atom. The fourth-order valence-corrected chi connectivity index (χ4v) is 2.69. The van der Waals surface area contributed by atoms with Gasteiger partial charge in [0.05, 0.1) is 12.3 Å². The van der Waals surface area contributed by atoms with E-state index < -0.39 is 6.09 Å². The van der Waals surface area contributed by atoms with Crippen LogP contribution in [0.2, 0.25) is 0 Å². The van der Waals surface area contributed by atoms with Crippen LogP contribution in [0, 0.1) is 0 Å². The zero-order chi connectivity index (χ0) is 16.5. The third-order valence-corrected chi connectivity index (χ3v) is 4.21. The lowest BCUT2D eigenvalue weighted by Crippen LogP contribution is -2.40. The van der Waals surface area contributed by atoms with Gasteiger partial charge in [0.2, 0.25) is 0 Å². The summed E-state index contributed by atoms with van der Waals surface area (Å²) < 4.78 is 11.1. The molecule has 0 aromatic heterocycles. The minimum atomic E-state index is -0.421. The molecule has 0 saturated carbocycles. The van der Waals surface area contributed by atoms with Crippen LogP contribution in [0.4, 0.5) is 10.5 Å². The van der Waals surface area contributed by atoms with Gasteiger partial charge in [0.1, 0.15) is 12.4 Å². The summed E-state index contributed by atoms with van der Waals surface area (Å²) >= 11 is 0. The molecule has 1 unspecified atom stereocenters. The van der Waals surface area contributed by atoms with Gasteiger partial charge in [0, 0.05) is 6.04 Å². The van der Waals surface area contributed by atoms with Crippen molar-refractivity contribution >= 4 is 24.2 Å². The summed E-state index contributed by atoms with van der Waals surface area (Å²) in [6, 6.07) is 7.78. The first-order valence-corrected chi connectivity index (χ1v) is 8.56. The number of benzene rings is 1. The number of likely N-dealkylation sites (tertiary alicyclic amines) is 1. The Hall–Kier alpha value is -1.46. The average molecular weight is 357 g/mol. The maximum Gasteiger partial charge on any atom is 0.411 e. The summed E-state index contributed by atoms with van der Waals surface area (Å²) in [5.41, 5.74) is 0.658. The standard InChI is InChI=1S/C18H28N2O3.ClH/c1-3-4-13-22-17-11-6-5-10-16(17)19-18(21)23-14-15-9-7-8-12-20(15)2;/h5-6,10-11,15H,3-4,7-9,12-14H2,1-2H3,(H,19,21);1H. The Labute approximate surface area is 151 Å². The highest BCUT2D eigenvalue weighted by Gasteiger charge is 2.20. The molecule has 1 N–H and O–H groups in total. The van der Waals surface area contributed by atoms with Gasteiger partial charge >= 0.3 is 6.09 Å². The van der Waals surface area contributed by atoms with Crippen LogP contribution in [0.15, 0.2) is 24.3 Å². The summed E-state index contributed by atoms with van der Waals surface area (Å²) in [5, 5.41) is 2.79. The summed E-state index contributed by atoms with van der Waals surface area (Å²) in [6.07, 6.45) is 5.16. The van der Waals surface area contributed by atoms with Crippen molar-refractivity contribution in [2.24, 2.45) is 0 Å². The lowest BCUT2D eigenvalue weighted by molar-refractivity contribution is 0.0907. The van der Waals surface area contributed by atoms with Crippen molar-refractivity contribution in [3.05, 3.63) is 24.3 Å². The molecule has 1 aromatic rings. The molecule has 5 nitrogen and oxygen atoms in total. The predicted octanol–water partition coefficient (Wildman–Crippen LogP) is 4.32. The van der Waals surface area contributed by atoms with Crippen molar-refractivity contribution in [3.63, 3.8) is 0 Å². The van der Waals surface area contributed by atoms with Gasteiger partial charge < -0.3 is 14.4 Å². The molecule has 24 heavy (non-hydrogen) atoms. The van der Waals surface area contributed by atoms with Crippen LogP contribution in [0.5, 0.6) is 5.75 Å². The van der Waals surface area contributed by atoms with Crippen LogP contribution in [0.25, 0.3) is 0 Å². The van der Waals surface area contributed by atoms with Gasteiger partial charge in [0.25, 0.3) is 0 Å². The van der Waals surface area contributed by atoms with Gasteiger partial charge in [-0.1, -0.05) is 31.9 Å². The molecule has 6 heteroatoms. The minimum Gasteiger partial charge on any atom is -0.491 e. The maximum atomic E-state index is 12.0. The van der Waals surface area contributed by atoms with E-state index in [1.165, 1.54) is 12.8 Å². The molecule has 2 rings (SSSR count). The number of para-hydroxylation sites is 2. The molecule has 1 atom stereocenters. The lowest BCUT2D eigenvalue weighted by atomic mass is 10.0. The number of ether oxygens (including phenoxy) is 2. The van der Waals surface area contributed by atoms with Gasteiger partial charge in [0.15, 0.2) is 0 Å². The largest absolute Gasteiger partial charge is 0.491 e. The molecule has 0 aliphatic carbocycles. The van der Waals surface area contributed by atoms with E-state index in [0.29, 0.717) is 30.7 Å². The third kappa shape index (κ3) is 6.57. The fourth-order valence-electron chi connectivity index (χ4n) is 2.69. The van der Waals surface area contributed by atoms with Crippen molar-refractivity contribution in [2.75, 3.05) is 32.1 Å². The lowest BCUT2D eigenvalue weighted by Gasteiger charge is -2.31. The quantitative estimate of drug-likeness (QED) is 0.739. The number of carbonyl (C=O) groups excluding carboxylic acids is 1. The first-order chi connectivity index (χ1) is 11.2. The summed E-state index contributed by atoms with van der Waals surface area (Å²) in [5.74, 6) is 0.688. The van der Waals surface area contributed by atoms with Gasteiger partial charge in [-0.25, -0.2) is 4.79 Å². The van der Waals surface area contributed by atoms with Gasteiger partial charge in [-0.3, -0.25) is 5.32 Å². The number of hydrogen-bond donors (Lipinski definition) is 1. The van der Waals surface area contributed by atoms with Crippen LogP contribution >= 0.6 is 12.4 Å². The van der Waals surface area contributed by atoms with Crippen molar-refractivity contribution in [1.82, 2.24) is 4.90 Å². The van der Waals surface area contributed by atoms with Crippen LogP contribution < -0.4 is 10.1 Å². The Kier molecular flexibility index (Phi) is 9.57. The number of hydrogen-bond acceptors (Lipinski definition) is 4. The van der Waals surface area contributed by atoms with Crippen molar-refractivity contribution in [1.29, 1.82) is 0 Å². The van der Waals surface area contributed by atoms with Crippen molar-refractivity contribution < 1.29 is 14.3 Å². The van der Waals surface area contributed by atoms with E-state index in [9.17, 15) is 4.79 Å². The topological polar surface area (TPSA) is 50.8 Å². The summed E-state index contributed by atoms with van der Waals surface area (Å²) in [6.45, 7) is 4.27. The number of anilines is 1. The van der Waals surface area contributed by atoms with Crippen LogP contribution in [0.3, 0.4) is 0 Å². The Bertz CT molecular complexity index is 499. The highest BCUT2D eigenvalue weighted by atomic mass is 35.5. The zero-order valence-electron chi connectivity index (χ0n) is 14.6.